The molecule has 3 aromatic carbocycles. The zero-order valence-electron chi connectivity index (χ0n) is 19.1. The van der Waals surface area contributed by atoms with E-state index in [1.165, 1.54) is 18.2 Å². The van der Waals surface area contributed by atoms with Crippen molar-refractivity contribution >= 4 is 22.7 Å². The van der Waals surface area contributed by atoms with Crippen molar-refractivity contribution in [2.75, 3.05) is 18.0 Å². The van der Waals surface area contributed by atoms with Crippen molar-refractivity contribution < 1.29 is 27.5 Å². The van der Waals surface area contributed by atoms with Crippen molar-refractivity contribution in [2.24, 2.45) is 0 Å². The summed E-state index contributed by atoms with van der Waals surface area (Å²) in [6.07, 6.45) is -2.87. The number of piperidine rings is 1. The molecule has 0 radical (unpaired) electrons. The number of anilines is 1. The summed E-state index contributed by atoms with van der Waals surface area (Å²) in [4.78, 5) is 18.4. The third kappa shape index (κ3) is 4.76. The second-order valence-corrected chi connectivity index (χ2v) is 8.96. The molecule has 1 fully saturated rings. The molecule has 0 bridgehead atoms. The van der Waals surface area contributed by atoms with Crippen LogP contribution in [0.4, 0.5) is 23.4 Å². The van der Waals surface area contributed by atoms with Crippen LogP contribution < -0.4 is 4.90 Å². The van der Waals surface area contributed by atoms with Gasteiger partial charge in [0.1, 0.15) is 11.6 Å². The summed E-state index contributed by atoms with van der Waals surface area (Å²) in [7, 11) is 0. The number of rotatable bonds is 4. The summed E-state index contributed by atoms with van der Waals surface area (Å²) >= 11 is 0. The highest BCUT2D eigenvalue weighted by molar-refractivity contribution is 5.96. The van der Waals surface area contributed by atoms with Crippen LogP contribution in [0.1, 0.15) is 40.2 Å². The van der Waals surface area contributed by atoms with Crippen molar-refractivity contribution in [2.45, 2.75) is 24.9 Å². The highest BCUT2D eigenvalue weighted by atomic mass is 19.4. The molecule has 36 heavy (non-hydrogen) atoms. The average Bonchev–Trinajstić information content (AvgIpc) is 2.88. The van der Waals surface area contributed by atoms with Gasteiger partial charge in [0, 0.05) is 24.0 Å². The van der Waals surface area contributed by atoms with Crippen molar-refractivity contribution in [3.8, 4) is 11.1 Å². The van der Waals surface area contributed by atoms with Gasteiger partial charge in [0.15, 0.2) is 0 Å². The molecule has 184 valence electrons. The lowest BCUT2D eigenvalue weighted by atomic mass is 9.88. The highest BCUT2D eigenvalue weighted by Gasteiger charge is 2.31. The first-order valence-electron chi connectivity index (χ1n) is 11.6. The first-order chi connectivity index (χ1) is 17.2. The minimum atomic E-state index is -4.36. The van der Waals surface area contributed by atoms with Crippen molar-refractivity contribution in [3.63, 3.8) is 0 Å². The molecule has 0 spiro atoms. The quantitative estimate of drug-likeness (QED) is 0.306. The van der Waals surface area contributed by atoms with E-state index in [1.807, 2.05) is 6.07 Å². The smallest absolute Gasteiger partial charge is 0.416 e. The number of pyridine rings is 1. The zero-order chi connectivity index (χ0) is 25.4. The van der Waals surface area contributed by atoms with Crippen LogP contribution in [-0.2, 0) is 6.18 Å². The van der Waals surface area contributed by atoms with E-state index in [9.17, 15) is 27.5 Å². The molecule has 1 saturated heterocycles. The summed E-state index contributed by atoms with van der Waals surface area (Å²) in [5.41, 5.74) is 2.54. The van der Waals surface area contributed by atoms with E-state index in [1.54, 1.807) is 36.4 Å². The van der Waals surface area contributed by atoms with Crippen LogP contribution in [0.5, 0.6) is 0 Å². The van der Waals surface area contributed by atoms with Gasteiger partial charge in [-0.05, 0) is 78.4 Å². The molecular formula is C28H22F4N2O2. The zero-order valence-corrected chi connectivity index (χ0v) is 19.1. The summed E-state index contributed by atoms with van der Waals surface area (Å²) < 4.78 is 52.3. The SMILES string of the molecule is O=C(O)c1ccc2nc(N3CCC(c4ccc(C(F)(F)F)cc4)CC3)c(-c3ccc(F)cc3)cc2c1. The fourth-order valence-corrected chi connectivity index (χ4v) is 4.75. The molecule has 0 unspecified atom stereocenters. The first-order valence-corrected chi connectivity index (χ1v) is 11.6. The standard InChI is InChI=1S/C28H22F4N2O2/c29-23-8-3-19(4-9-23)24-16-21-15-20(27(35)36)5-10-25(21)33-26(24)34-13-11-18(12-14-34)17-1-6-22(7-2-17)28(30,31)32/h1-10,15-16,18H,11-14H2,(H,35,36). The molecule has 1 aliphatic rings. The number of aromatic nitrogens is 1. The van der Waals surface area contributed by atoms with Gasteiger partial charge in [0.2, 0.25) is 0 Å². The fraction of sp³-hybridized carbons (Fsp3) is 0.214. The third-order valence-electron chi connectivity index (χ3n) is 6.70. The van der Waals surface area contributed by atoms with Gasteiger partial charge in [0.05, 0.1) is 16.6 Å². The average molecular weight is 494 g/mol. The molecule has 8 heteroatoms. The monoisotopic (exact) mass is 494 g/mol. The molecule has 0 amide bonds. The number of aromatic carboxylic acids is 1. The predicted octanol–water partition coefficient (Wildman–Crippen LogP) is 7.14. The lowest BCUT2D eigenvalue weighted by Gasteiger charge is -2.34. The topological polar surface area (TPSA) is 53.4 Å². The lowest BCUT2D eigenvalue weighted by molar-refractivity contribution is -0.137. The predicted molar refractivity (Wildman–Crippen MR) is 130 cm³/mol. The maximum atomic E-state index is 13.6. The number of nitrogens with zero attached hydrogens (tertiary/aromatic N) is 2. The van der Waals surface area contributed by atoms with E-state index in [2.05, 4.69) is 4.90 Å². The molecular weight excluding hydrogens is 472 g/mol. The van der Waals surface area contributed by atoms with Gasteiger partial charge in [-0.3, -0.25) is 0 Å². The number of benzene rings is 3. The van der Waals surface area contributed by atoms with Gasteiger partial charge in [-0.25, -0.2) is 14.2 Å². The third-order valence-corrected chi connectivity index (χ3v) is 6.70. The van der Waals surface area contributed by atoms with Crippen LogP contribution in [0.3, 0.4) is 0 Å². The summed E-state index contributed by atoms with van der Waals surface area (Å²) in [5, 5.41) is 10.0. The Morgan fingerprint density at radius 3 is 2.19 bits per heavy atom. The number of carboxylic acid groups (broad SMARTS) is 1. The van der Waals surface area contributed by atoms with Gasteiger partial charge < -0.3 is 10.0 Å². The number of hydrogen-bond donors (Lipinski definition) is 1. The summed E-state index contributed by atoms with van der Waals surface area (Å²) in [5.74, 6) is -0.548. The van der Waals surface area contributed by atoms with Crippen molar-refractivity contribution in [3.05, 3.63) is 95.3 Å². The van der Waals surface area contributed by atoms with Crippen molar-refractivity contribution in [1.82, 2.24) is 4.98 Å². The van der Waals surface area contributed by atoms with Gasteiger partial charge in [0.25, 0.3) is 0 Å². The van der Waals surface area contributed by atoms with Crippen LogP contribution >= 0.6 is 0 Å². The molecule has 1 aromatic heterocycles. The number of fused-ring (bicyclic) bond motifs is 1. The first kappa shape index (κ1) is 23.8. The van der Waals surface area contributed by atoms with E-state index in [-0.39, 0.29) is 17.3 Å². The normalized spacial score (nSPS) is 14.8. The Bertz CT molecular complexity index is 1410. The molecule has 1 aliphatic heterocycles. The van der Waals surface area contributed by atoms with Gasteiger partial charge >= 0.3 is 12.1 Å². The molecule has 2 heterocycles. The Morgan fingerprint density at radius 1 is 0.917 bits per heavy atom. The number of alkyl halides is 3. The molecule has 0 atom stereocenters. The number of carbonyl (C=O) groups is 1. The minimum Gasteiger partial charge on any atom is -0.478 e. The second kappa shape index (κ2) is 9.26. The molecule has 1 N–H and O–H groups in total. The van der Waals surface area contributed by atoms with E-state index >= 15 is 0 Å². The Hall–Kier alpha value is -3.94. The van der Waals surface area contributed by atoms with Gasteiger partial charge in [-0.15, -0.1) is 0 Å². The molecule has 4 nitrogen and oxygen atoms in total. The molecule has 5 rings (SSSR count). The maximum absolute atomic E-state index is 13.6. The van der Waals surface area contributed by atoms with E-state index in [0.29, 0.717) is 29.8 Å². The van der Waals surface area contributed by atoms with Crippen molar-refractivity contribution in [1.29, 1.82) is 0 Å². The molecule has 0 saturated carbocycles. The van der Waals surface area contributed by atoms with Gasteiger partial charge in [-0.1, -0.05) is 24.3 Å². The summed E-state index contributed by atoms with van der Waals surface area (Å²) in [6, 6.07) is 18.1. The number of hydrogen-bond acceptors (Lipinski definition) is 3. The second-order valence-electron chi connectivity index (χ2n) is 8.96. The highest BCUT2D eigenvalue weighted by Crippen LogP contribution is 2.37. The number of carboxylic acids is 1. The van der Waals surface area contributed by atoms with E-state index in [0.717, 1.165) is 41.7 Å². The van der Waals surface area contributed by atoms with Crippen LogP contribution in [0.2, 0.25) is 0 Å². The van der Waals surface area contributed by atoms with Crippen LogP contribution in [-0.4, -0.2) is 29.1 Å². The Kier molecular flexibility index (Phi) is 6.12. The summed E-state index contributed by atoms with van der Waals surface area (Å²) in [6.45, 7) is 1.29. The van der Waals surface area contributed by atoms with Gasteiger partial charge in [-0.2, -0.15) is 13.2 Å². The van der Waals surface area contributed by atoms with Crippen LogP contribution in [0.15, 0.2) is 72.8 Å². The molecule has 0 aliphatic carbocycles. The van der Waals surface area contributed by atoms with Crippen LogP contribution in [0, 0.1) is 5.82 Å². The van der Waals surface area contributed by atoms with E-state index in [4.69, 9.17) is 4.98 Å². The largest absolute Gasteiger partial charge is 0.478 e. The lowest BCUT2D eigenvalue weighted by Crippen LogP contribution is -2.34. The van der Waals surface area contributed by atoms with E-state index < -0.39 is 17.7 Å². The maximum Gasteiger partial charge on any atom is 0.416 e. The number of halogens is 4. The fourth-order valence-electron chi connectivity index (χ4n) is 4.75. The Balaban J connectivity index is 1.45. The Morgan fingerprint density at radius 2 is 1.58 bits per heavy atom. The molecule has 4 aromatic rings. The van der Waals surface area contributed by atoms with Crippen LogP contribution in [0.25, 0.3) is 22.0 Å². The minimum absolute atomic E-state index is 0.136. The Labute approximate surface area is 204 Å².